The molecule has 0 aliphatic carbocycles. The Balaban J connectivity index is 2.27. The molecule has 2 heterocycles. The van der Waals surface area contributed by atoms with Gasteiger partial charge in [-0.1, -0.05) is 6.92 Å². The van der Waals surface area contributed by atoms with Gasteiger partial charge in [-0.3, -0.25) is 0 Å². The van der Waals surface area contributed by atoms with Gasteiger partial charge < -0.3 is 15.4 Å². The smallest absolute Gasteiger partial charge is 0.348 e. The molecule has 0 radical (unpaired) electrons. The van der Waals surface area contributed by atoms with E-state index in [1.807, 2.05) is 0 Å². The van der Waals surface area contributed by atoms with Crippen LogP contribution in [-0.2, 0) is 11.3 Å². The van der Waals surface area contributed by atoms with Gasteiger partial charge in [0.15, 0.2) is 0 Å². The first-order chi connectivity index (χ1) is 10.1. The lowest BCUT2D eigenvalue weighted by molar-refractivity contribution is -0.922. The van der Waals surface area contributed by atoms with E-state index >= 15 is 0 Å². The lowest BCUT2D eigenvalue weighted by Crippen LogP contribution is -3.12. The number of carbonyl (C=O) groups excluding carboxylic acids is 1. The maximum atomic E-state index is 12.1. The van der Waals surface area contributed by atoms with E-state index in [0.717, 1.165) is 18.7 Å². The Morgan fingerprint density at radius 1 is 1.62 bits per heavy atom. The molecule has 2 rings (SSSR count). The summed E-state index contributed by atoms with van der Waals surface area (Å²) in [6.45, 7) is 7.17. The quantitative estimate of drug-likeness (QED) is 0.819. The Morgan fingerprint density at radius 3 is 3.00 bits per heavy atom. The number of nitrogens with zero attached hydrogens (tertiary/aromatic N) is 1. The number of likely N-dealkylation sites (tertiary alicyclic amines) is 1. The van der Waals surface area contributed by atoms with E-state index in [4.69, 9.17) is 10.5 Å². The number of nitrogens with two attached hydrogens (primary N) is 1. The molecule has 1 unspecified atom stereocenters. The van der Waals surface area contributed by atoms with Gasteiger partial charge in [-0.25, -0.2) is 4.79 Å². The molecule has 0 aromatic carbocycles. The number of esters is 1. The molecule has 21 heavy (non-hydrogen) atoms. The van der Waals surface area contributed by atoms with Crippen molar-refractivity contribution in [1.29, 1.82) is 5.26 Å². The number of nitriles is 1. The molecule has 2 atom stereocenters. The van der Waals surface area contributed by atoms with Gasteiger partial charge in [-0.05, 0) is 19.8 Å². The van der Waals surface area contributed by atoms with Crippen molar-refractivity contribution in [1.82, 2.24) is 0 Å². The zero-order valence-electron chi connectivity index (χ0n) is 12.6. The Morgan fingerprint density at radius 2 is 2.38 bits per heavy atom. The summed E-state index contributed by atoms with van der Waals surface area (Å²) in [5, 5.41) is 9.74. The van der Waals surface area contributed by atoms with Gasteiger partial charge in [0.25, 0.3) is 0 Å². The molecule has 0 saturated carbocycles. The van der Waals surface area contributed by atoms with Crippen LogP contribution in [0, 0.1) is 17.2 Å². The van der Waals surface area contributed by atoms with Gasteiger partial charge in [0.1, 0.15) is 22.5 Å². The topological polar surface area (TPSA) is 80.5 Å². The first-order valence-corrected chi connectivity index (χ1v) is 8.20. The first-order valence-electron chi connectivity index (χ1n) is 7.38. The number of nitrogens with one attached hydrogen (secondary N) is 1. The molecule has 5 nitrogen and oxygen atoms in total. The van der Waals surface area contributed by atoms with Crippen molar-refractivity contribution < 1.29 is 14.4 Å². The van der Waals surface area contributed by atoms with Crippen molar-refractivity contribution in [2.75, 3.05) is 25.4 Å². The van der Waals surface area contributed by atoms with Crippen LogP contribution in [0.25, 0.3) is 0 Å². The molecule has 6 heteroatoms. The fourth-order valence-corrected chi connectivity index (χ4v) is 3.88. The van der Waals surface area contributed by atoms with Crippen LogP contribution >= 0.6 is 11.3 Å². The summed E-state index contributed by atoms with van der Waals surface area (Å²) in [7, 11) is 0. The van der Waals surface area contributed by atoms with Crippen LogP contribution in [0.1, 0.15) is 47.5 Å². The normalized spacial score (nSPS) is 21.8. The molecule has 1 aromatic heterocycles. The van der Waals surface area contributed by atoms with E-state index in [0.29, 0.717) is 34.5 Å². The zero-order chi connectivity index (χ0) is 15.4. The van der Waals surface area contributed by atoms with Crippen LogP contribution in [0.5, 0.6) is 0 Å². The zero-order valence-corrected chi connectivity index (χ0v) is 13.4. The second kappa shape index (κ2) is 6.92. The summed E-state index contributed by atoms with van der Waals surface area (Å²) < 4.78 is 5.09. The van der Waals surface area contributed by atoms with E-state index in [1.165, 1.54) is 29.1 Å². The number of hydrogen-bond acceptors (Lipinski definition) is 5. The molecule has 1 aromatic rings. The third kappa shape index (κ3) is 3.55. The van der Waals surface area contributed by atoms with Crippen molar-refractivity contribution in [2.24, 2.45) is 5.92 Å². The van der Waals surface area contributed by atoms with E-state index in [1.54, 1.807) is 6.92 Å². The average Bonchev–Trinajstić information content (AvgIpc) is 2.75. The average molecular weight is 308 g/mol. The molecule has 1 saturated heterocycles. The third-order valence-corrected chi connectivity index (χ3v) is 4.94. The first kappa shape index (κ1) is 15.8. The van der Waals surface area contributed by atoms with Gasteiger partial charge in [-0.15, -0.1) is 11.3 Å². The number of nitrogen functional groups attached to an aromatic ring is 1. The molecular weight excluding hydrogens is 286 g/mol. The van der Waals surface area contributed by atoms with E-state index < -0.39 is 0 Å². The molecule has 0 spiro atoms. The maximum absolute atomic E-state index is 12.1. The highest BCUT2D eigenvalue weighted by Crippen LogP contribution is 2.30. The monoisotopic (exact) mass is 308 g/mol. The van der Waals surface area contributed by atoms with Crippen molar-refractivity contribution in [2.45, 2.75) is 33.2 Å². The molecule has 114 valence electrons. The minimum absolute atomic E-state index is 0.325. The van der Waals surface area contributed by atoms with E-state index in [9.17, 15) is 10.1 Å². The van der Waals surface area contributed by atoms with Gasteiger partial charge in [0.2, 0.25) is 0 Å². The Bertz CT molecular complexity index is 562. The van der Waals surface area contributed by atoms with Gasteiger partial charge in [-0.2, -0.15) is 5.26 Å². The molecule has 1 fully saturated rings. The lowest BCUT2D eigenvalue weighted by Gasteiger charge is -2.27. The minimum Gasteiger partial charge on any atom is -0.462 e. The SMILES string of the molecule is CCOC(=O)c1sc(N)c(C#N)c1C[NH+]1CCC[C@H](C)C1. The van der Waals surface area contributed by atoms with Crippen LogP contribution < -0.4 is 10.6 Å². The van der Waals surface area contributed by atoms with Crippen LogP contribution in [0.4, 0.5) is 5.00 Å². The predicted molar refractivity (Wildman–Crippen MR) is 82.2 cm³/mol. The third-order valence-electron chi connectivity index (χ3n) is 3.90. The number of piperidine rings is 1. The number of anilines is 1. The summed E-state index contributed by atoms with van der Waals surface area (Å²) in [5.41, 5.74) is 7.12. The highest BCUT2D eigenvalue weighted by atomic mass is 32.1. The van der Waals surface area contributed by atoms with Crippen LogP contribution in [0.3, 0.4) is 0 Å². The maximum Gasteiger partial charge on any atom is 0.348 e. The number of hydrogen-bond donors (Lipinski definition) is 2. The standard InChI is InChI=1S/C15H21N3O2S/c1-3-20-15(19)13-12(11(7-16)14(17)21-13)9-18-6-4-5-10(2)8-18/h10H,3-6,8-9,17H2,1-2H3/p+1/t10-/m0/s1. The van der Waals surface area contributed by atoms with Crippen molar-refractivity contribution in [3.63, 3.8) is 0 Å². The fraction of sp³-hybridized carbons (Fsp3) is 0.600. The van der Waals surface area contributed by atoms with Crippen LogP contribution in [-0.4, -0.2) is 25.7 Å². The van der Waals surface area contributed by atoms with Gasteiger partial charge in [0.05, 0.1) is 30.8 Å². The van der Waals surface area contributed by atoms with Crippen molar-refractivity contribution >= 4 is 22.3 Å². The van der Waals surface area contributed by atoms with Crippen molar-refractivity contribution in [3.05, 3.63) is 16.0 Å². The predicted octanol–water partition coefficient (Wildman–Crippen LogP) is 1.19. The Hall–Kier alpha value is -1.58. The second-order valence-corrected chi connectivity index (χ2v) is 6.66. The Labute approximate surface area is 129 Å². The summed E-state index contributed by atoms with van der Waals surface area (Å²) in [5.74, 6) is 0.316. The lowest BCUT2D eigenvalue weighted by atomic mass is 9.99. The van der Waals surface area contributed by atoms with Crippen molar-refractivity contribution in [3.8, 4) is 6.07 Å². The van der Waals surface area contributed by atoms with E-state index in [-0.39, 0.29) is 5.97 Å². The molecule has 0 bridgehead atoms. The number of thiophene rings is 1. The summed E-state index contributed by atoms with van der Waals surface area (Å²) >= 11 is 1.17. The summed E-state index contributed by atoms with van der Waals surface area (Å²) in [6.07, 6.45) is 2.44. The number of ether oxygens (including phenoxy) is 1. The number of carbonyl (C=O) groups is 1. The molecule has 3 N–H and O–H groups in total. The van der Waals surface area contributed by atoms with Gasteiger partial charge >= 0.3 is 5.97 Å². The summed E-state index contributed by atoms with van der Waals surface area (Å²) in [6, 6.07) is 2.15. The molecule has 1 aliphatic heterocycles. The molecule has 1 aliphatic rings. The fourth-order valence-electron chi connectivity index (χ4n) is 2.95. The second-order valence-electron chi connectivity index (χ2n) is 5.61. The molecule has 0 amide bonds. The minimum atomic E-state index is -0.366. The van der Waals surface area contributed by atoms with Crippen LogP contribution in [0.2, 0.25) is 0 Å². The van der Waals surface area contributed by atoms with E-state index in [2.05, 4.69) is 13.0 Å². The summed E-state index contributed by atoms with van der Waals surface area (Å²) in [4.78, 5) is 14.0. The molecular formula is C15H22N3O2S+. The van der Waals surface area contributed by atoms with Gasteiger partial charge in [0, 0.05) is 5.92 Å². The highest BCUT2D eigenvalue weighted by molar-refractivity contribution is 7.18. The number of quaternary nitrogens is 1. The Kier molecular flexibility index (Phi) is 5.21. The largest absolute Gasteiger partial charge is 0.462 e. The number of rotatable bonds is 4. The van der Waals surface area contributed by atoms with Crippen LogP contribution in [0.15, 0.2) is 0 Å². The highest BCUT2D eigenvalue weighted by Gasteiger charge is 2.28.